The summed E-state index contributed by atoms with van der Waals surface area (Å²) in [5.74, 6) is -0.591. The average molecular weight is 528 g/mol. The highest BCUT2D eigenvalue weighted by molar-refractivity contribution is 7.91. The minimum Gasteiger partial charge on any atom is -0.388 e. The molecule has 1 heterocycles. The van der Waals surface area contributed by atoms with Crippen molar-refractivity contribution in [2.75, 3.05) is 12.8 Å². The highest BCUT2D eigenvalue weighted by atomic mass is 35.5. The van der Waals surface area contributed by atoms with Gasteiger partial charge in [0.05, 0.1) is 16.5 Å². The molecule has 0 saturated heterocycles. The number of halogens is 2. The second-order valence-electron chi connectivity index (χ2n) is 10.8. The lowest BCUT2D eigenvalue weighted by Crippen LogP contribution is -2.47. The van der Waals surface area contributed by atoms with Crippen LogP contribution in [0.2, 0.25) is 5.15 Å². The topological polar surface area (TPSA) is 101 Å². The van der Waals surface area contributed by atoms with E-state index in [0.717, 1.165) is 5.56 Å². The number of nitrogens with one attached hydrogen (secondary N) is 1. The quantitative estimate of drug-likeness (QED) is 0.560. The van der Waals surface area contributed by atoms with Gasteiger partial charge < -0.3 is 10.4 Å². The van der Waals surface area contributed by atoms with E-state index in [1.807, 2.05) is 13.0 Å². The van der Waals surface area contributed by atoms with Crippen molar-refractivity contribution in [2.24, 2.45) is 5.41 Å². The second-order valence-corrected chi connectivity index (χ2v) is 13.5. The molecule has 0 unspecified atom stereocenters. The van der Waals surface area contributed by atoms with Crippen LogP contribution in [-0.4, -0.2) is 52.6 Å². The Morgan fingerprint density at radius 2 is 1.94 bits per heavy atom. The van der Waals surface area contributed by atoms with E-state index in [1.54, 1.807) is 6.07 Å². The van der Waals surface area contributed by atoms with Gasteiger partial charge in [0.2, 0.25) is 0 Å². The summed E-state index contributed by atoms with van der Waals surface area (Å²) in [6.45, 7) is 8.03. The van der Waals surface area contributed by atoms with Gasteiger partial charge >= 0.3 is 0 Å². The number of nitrogens with zero attached hydrogens (tertiary/aromatic N) is 2. The van der Waals surface area contributed by atoms with Crippen LogP contribution < -0.4 is 5.32 Å². The number of carbonyl (C=O) groups excluding carboxylic acids is 1. The molecule has 1 fully saturated rings. The third-order valence-electron chi connectivity index (χ3n) is 6.46. The Kier molecular flexibility index (Phi) is 8.04. The summed E-state index contributed by atoms with van der Waals surface area (Å²) >= 11 is 6.53. The van der Waals surface area contributed by atoms with Gasteiger partial charge in [0, 0.05) is 19.2 Å². The van der Waals surface area contributed by atoms with Crippen molar-refractivity contribution in [3.05, 3.63) is 46.3 Å². The first-order valence-electron chi connectivity index (χ1n) is 11.9. The first kappa shape index (κ1) is 27.6. The van der Waals surface area contributed by atoms with Crippen molar-refractivity contribution in [1.29, 1.82) is 0 Å². The number of benzene rings is 1. The first-order chi connectivity index (χ1) is 16.1. The number of hydrogen-bond acceptors (Lipinski definition) is 5. The maximum absolute atomic E-state index is 15.1. The average Bonchev–Trinajstić information content (AvgIpc) is 3.07. The Balaban J connectivity index is 1.78. The molecule has 0 aliphatic heterocycles. The Bertz CT molecular complexity index is 1200. The predicted octanol–water partition coefficient (Wildman–Crippen LogP) is 4.26. The molecule has 1 saturated carbocycles. The van der Waals surface area contributed by atoms with Crippen LogP contribution in [-0.2, 0) is 22.7 Å². The molecule has 10 heteroatoms. The predicted molar refractivity (Wildman–Crippen MR) is 135 cm³/mol. The molecule has 0 spiro atoms. The van der Waals surface area contributed by atoms with Gasteiger partial charge in [0.1, 0.15) is 26.6 Å². The summed E-state index contributed by atoms with van der Waals surface area (Å²) in [5.41, 5.74) is -0.156. The van der Waals surface area contributed by atoms with Crippen molar-refractivity contribution in [3.8, 4) is 5.69 Å². The van der Waals surface area contributed by atoms with E-state index in [-0.39, 0.29) is 41.3 Å². The van der Waals surface area contributed by atoms with Gasteiger partial charge in [0.15, 0.2) is 5.69 Å². The summed E-state index contributed by atoms with van der Waals surface area (Å²) in [6.07, 6.45) is 3.54. The number of hydrogen-bond donors (Lipinski definition) is 2. The van der Waals surface area contributed by atoms with Gasteiger partial charge in [-0.05, 0) is 55.2 Å². The van der Waals surface area contributed by atoms with Crippen molar-refractivity contribution < 1.29 is 22.7 Å². The number of aromatic nitrogens is 2. The number of carbonyl (C=O) groups is 1. The molecule has 1 aromatic heterocycles. The van der Waals surface area contributed by atoms with E-state index in [0.29, 0.717) is 31.5 Å². The SMILES string of the molecule is CCc1nc(C(=O)NCC2(O)CCC(S(C)(=O)=O)CC2)c(Cl)n1-c1ccc(CC(C)(C)C)cc1F. The highest BCUT2D eigenvalue weighted by Crippen LogP contribution is 2.32. The lowest BCUT2D eigenvalue weighted by molar-refractivity contribution is 0.00607. The molecule has 35 heavy (non-hydrogen) atoms. The maximum Gasteiger partial charge on any atom is 0.273 e. The number of rotatable bonds is 7. The minimum atomic E-state index is -3.16. The molecular formula is C25H35ClFN3O4S. The molecule has 1 aromatic carbocycles. The van der Waals surface area contributed by atoms with Crippen LogP contribution in [0.25, 0.3) is 5.69 Å². The molecule has 194 valence electrons. The van der Waals surface area contributed by atoms with Crippen LogP contribution in [0.5, 0.6) is 0 Å². The van der Waals surface area contributed by atoms with Crippen molar-refractivity contribution in [2.45, 2.75) is 77.1 Å². The fourth-order valence-electron chi connectivity index (χ4n) is 4.59. The van der Waals surface area contributed by atoms with E-state index in [1.165, 1.54) is 16.9 Å². The van der Waals surface area contributed by atoms with E-state index < -0.39 is 32.4 Å². The zero-order valence-electron chi connectivity index (χ0n) is 21.0. The summed E-state index contributed by atoms with van der Waals surface area (Å²) < 4.78 is 40.1. The van der Waals surface area contributed by atoms with Crippen molar-refractivity contribution in [3.63, 3.8) is 0 Å². The number of aryl methyl sites for hydroxylation is 1. The molecule has 1 amide bonds. The number of amides is 1. The van der Waals surface area contributed by atoms with E-state index in [4.69, 9.17) is 11.6 Å². The van der Waals surface area contributed by atoms with Gasteiger partial charge in [0.25, 0.3) is 5.91 Å². The molecule has 2 aromatic rings. The second kappa shape index (κ2) is 10.2. The highest BCUT2D eigenvalue weighted by Gasteiger charge is 2.37. The standard InChI is InChI=1S/C25H35ClFN3O4S/c1-6-20-29-21(23(31)28-15-25(32)11-9-17(10-12-25)35(5,33)34)22(26)30(20)19-8-7-16(13-18(19)27)14-24(2,3)4/h7-8,13,17,32H,6,9-12,14-15H2,1-5H3,(H,28,31). The summed E-state index contributed by atoms with van der Waals surface area (Å²) in [6, 6.07) is 4.98. The first-order valence-corrected chi connectivity index (χ1v) is 14.2. The van der Waals surface area contributed by atoms with Crippen LogP contribution in [0.1, 0.15) is 75.3 Å². The minimum absolute atomic E-state index is 0.00500. The Hall–Kier alpha value is -1.97. The normalized spacial score (nSPS) is 21.2. The Labute approximate surface area is 212 Å². The molecule has 1 aliphatic rings. The molecule has 0 atom stereocenters. The molecule has 1 aliphatic carbocycles. The maximum atomic E-state index is 15.1. The zero-order valence-corrected chi connectivity index (χ0v) is 22.6. The monoisotopic (exact) mass is 527 g/mol. The lowest BCUT2D eigenvalue weighted by atomic mass is 9.84. The van der Waals surface area contributed by atoms with Crippen LogP contribution in [0.4, 0.5) is 4.39 Å². The summed E-state index contributed by atoms with van der Waals surface area (Å²) in [7, 11) is -3.16. The Morgan fingerprint density at radius 3 is 2.46 bits per heavy atom. The third kappa shape index (κ3) is 6.62. The van der Waals surface area contributed by atoms with Gasteiger partial charge in [-0.1, -0.05) is 45.4 Å². The number of sulfone groups is 1. The summed E-state index contributed by atoms with van der Waals surface area (Å²) in [4.78, 5) is 17.3. The lowest BCUT2D eigenvalue weighted by Gasteiger charge is -2.35. The van der Waals surface area contributed by atoms with Gasteiger partial charge in [-0.3, -0.25) is 9.36 Å². The smallest absolute Gasteiger partial charge is 0.273 e. The van der Waals surface area contributed by atoms with Crippen LogP contribution >= 0.6 is 11.6 Å². The number of aliphatic hydroxyl groups is 1. The Morgan fingerprint density at radius 1 is 1.31 bits per heavy atom. The fourth-order valence-corrected chi connectivity index (χ4v) is 6.00. The van der Waals surface area contributed by atoms with Crippen molar-refractivity contribution in [1.82, 2.24) is 14.9 Å². The third-order valence-corrected chi connectivity index (χ3v) is 8.49. The summed E-state index contributed by atoms with van der Waals surface area (Å²) in [5, 5.41) is 13.0. The van der Waals surface area contributed by atoms with Crippen LogP contribution in [0.15, 0.2) is 18.2 Å². The largest absolute Gasteiger partial charge is 0.388 e. The molecule has 3 rings (SSSR count). The van der Waals surface area contributed by atoms with Gasteiger partial charge in [-0.15, -0.1) is 0 Å². The number of imidazole rings is 1. The fraction of sp³-hybridized carbons (Fsp3) is 0.600. The molecule has 2 N–H and O–H groups in total. The van der Waals surface area contributed by atoms with Crippen molar-refractivity contribution >= 4 is 27.3 Å². The zero-order chi connectivity index (χ0) is 26.2. The van der Waals surface area contributed by atoms with Crippen LogP contribution in [0, 0.1) is 11.2 Å². The molecule has 0 bridgehead atoms. The van der Waals surface area contributed by atoms with E-state index >= 15 is 4.39 Å². The van der Waals surface area contributed by atoms with E-state index in [2.05, 4.69) is 31.1 Å². The van der Waals surface area contributed by atoms with Gasteiger partial charge in [-0.2, -0.15) is 0 Å². The van der Waals surface area contributed by atoms with Crippen LogP contribution in [0.3, 0.4) is 0 Å². The molecule has 0 radical (unpaired) electrons. The van der Waals surface area contributed by atoms with Gasteiger partial charge in [-0.25, -0.2) is 17.8 Å². The molecular weight excluding hydrogens is 493 g/mol. The molecule has 7 nitrogen and oxygen atoms in total. The van der Waals surface area contributed by atoms with E-state index in [9.17, 15) is 18.3 Å².